The van der Waals surface area contributed by atoms with Gasteiger partial charge in [0.15, 0.2) is 8.32 Å². The Morgan fingerprint density at radius 2 is 1.78 bits per heavy atom. The Kier molecular flexibility index (Phi) is 11.4. The normalized spacial score (nSPS) is 20.1. The highest BCUT2D eigenvalue weighted by Crippen LogP contribution is 2.41. The SMILES string of the molecule is CC(C)(C)[Si](C)(C)O[C@@H](CN[C@H]1CC[C@@H](C(=O)NCCN2CCCCC2)C1)c1ccc(OCc2ccccc2)c2[nH]c(=O)ccc12. The number of amides is 1. The number of benzene rings is 2. The molecule has 9 heteroatoms. The minimum atomic E-state index is -2.17. The van der Waals surface area contributed by atoms with Crippen molar-refractivity contribution in [1.29, 1.82) is 0 Å². The van der Waals surface area contributed by atoms with E-state index in [-0.39, 0.29) is 34.6 Å². The second-order valence-corrected chi connectivity index (χ2v) is 19.5. The number of ether oxygens (including phenoxy) is 1. The lowest BCUT2D eigenvalue weighted by molar-refractivity contribution is -0.124. The lowest BCUT2D eigenvalue weighted by Gasteiger charge is -2.40. The van der Waals surface area contributed by atoms with E-state index in [9.17, 15) is 9.59 Å². The van der Waals surface area contributed by atoms with E-state index in [0.717, 1.165) is 62.0 Å². The molecule has 1 saturated carbocycles. The summed E-state index contributed by atoms with van der Waals surface area (Å²) in [5.41, 5.74) is 2.61. The summed E-state index contributed by atoms with van der Waals surface area (Å²) in [5, 5.41) is 7.95. The average molecular weight is 647 g/mol. The molecule has 0 radical (unpaired) electrons. The van der Waals surface area contributed by atoms with Gasteiger partial charge >= 0.3 is 0 Å². The van der Waals surface area contributed by atoms with Gasteiger partial charge in [-0.1, -0.05) is 63.6 Å². The van der Waals surface area contributed by atoms with Gasteiger partial charge in [-0.3, -0.25) is 9.59 Å². The molecular weight excluding hydrogens is 593 g/mol. The van der Waals surface area contributed by atoms with Crippen molar-refractivity contribution in [2.75, 3.05) is 32.7 Å². The number of aromatic nitrogens is 1. The Labute approximate surface area is 275 Å². The smallest absolute Gasteiger partial charge is 0.248 e. The third kappa shape index (κ3) is 8.88. The van der Waals surface area contributed by atoms with Crippen molar-refractivity contribution in [3.05, 3.63) is 76.1 Å². The molecule has 0 bridgehead atoms. The maximum Gasteiger partial charge on any atom is 0.248 e. The predicted molar refractivity (Wildman–Crippen MR) is 189 cm³/mol. The predicted octanol–water partition coefficient (Wildman–Crippen LogP) is 6.53. The van der Waals surface area contributed by atoms with Crippen molar-refractivity contribution in [2.24, 2.45) is 5.92 Å². The highest BCUT2D eigenvalue weighted by molar-refractivity contribution is 6.74. The second-order valence-electron chi connectivity index (χ2n) is 14.7. The molecule has 2 fully saturated rings. The maximum atomic E-state index is 13.0. The third-order valence-corrected chi connectivity index (χ3v) is 14.8. The van der Waals surface area contributed by atoms with Crippen LogP contribution in [0.5, 0.6) is 5.75 Å². The van der Waals surface area contributed by atoms with Crippen molar-refractivity contribution < 1.29 is 14.0 Å². The van der Waals surface area contributed by atoms with Crippen LogP contribution in [0.15, 0.2) is 59.4 Å². The summed E-state index contributed by atoms with van der Waals surface area (Å²) in [7, 11) is -2.17. The van der Waals surface area contributed by atoms with E-state index in [1.54, 1.807) is 6.07 Å². The molecule has 2 heterocycles. The molecule has 1 saturated heterocycles. The molecule has 2 aliphatic rings. The maximum absolute atomic E-state index is 13.0. The molecule has 1 amide bonds. The van der Waals surface area contributed by atoms with Crippen LogP contribution in [0.25, 0.3) is 10.9 Å². The number of carbonyl (C=O) groups excluding carboxylic acids is 1. The fourth-order valence-corrected chi connectivity index (χ4v) is 7.75. The van der Waals surface area contributed by atoms with Crippen LogP contribution in [0, 0.1) is 5.92 Å². The Bertz CT molecular complexity index is 1500. The molecule has 1 aliphatic carbocycles. The van der Waals surface area contributed by atoms with E-state index in [1.165, 1.54) is 19.3 Å². The number of pyridine rings is 1. The van der Waals surface area contributed by atoms with Gasteiger partial charge in [-0.05, 0) is 86.6 Å². The number of nitrogens with zero attached hydrogens (tertiary/aromatic N) is 1. The quantitative estimate of drug-likeness (QED) is 0.183. The molecule has 1 aliphatic heterocycles. The topological polar surface area (TPSA) is 95.7 Å². The van der Waals surface area contributed by atoms with E-state index in [1.807, 2.05) is 42.5 Å². The Hall–Kier alpha value is -2.98. The molecule has 2 aromatic carbocycles. The molecule has 0 spiro atoms. The Morgan fingerprint density at radius 3 is 2.52 bits per heavy atom. The fourth-order valence-electron chi connectivity index (χ4n) is 6.48. The molecule has 3 aromatic rings. The summed E-state index contributed by atoms with van der Waals surface area (Å²) in [5.74, 6) is 0.881. The largest absolute Gasteiger partial charge is 0.487 e. The number of hydrogen-bond donors (Lipinski definition) is 3. The van der Waals surface area contributed by atoms with E-state index >= 15 is 0 Å². The molecule has 8 nitrogen and oxygen atoms in total. The molecule has 3 N–H and O–H groups in total. The molecule has 46 heavy (non-hydrogen) atoms. The second kappa shape index (κ2) is 15.3. The zero-order valence-electron chi connectivity index (χ0n) is 28.5. The van der Waals surface area contributed by atoms with E-state index in [0.29, 0.717) is 24.4 Å². The van der Waals surface area contributed by atoms with Crippen LogP contribution in [0.1, 0.15) is 76.5 Å². The van der Waals surface area contributed by atoms with Gasteiger partial charge in [0.25, 0.3) is 0 Å². The van der Waals surface area contributed by atoms with Gasteiger partial charge in [-0.2, -0.15) is 0 Å². The van der Waals surface area contributed by atoms with E-state index in [4.69, 9.17) is 9.16 Å². The number of fused-ring (bicyclic) bond motifs is 1. The first-order valence-electron chi connectivity index (χ1n) is 17.2. The van der Waals surface area contributed by atoms with Gasteiger partial charge in [0.2, 0.25) is 11.5 Å². The van der Waals surface area contributed by atoms with Gasteiger partial charge in [0.1, 0.15) is 12.4 Å². The van der Waals surface area contributed by atoms with Crippen molar-refractivity contribution in [3.8, 4) is 5.75 Å². The molecular formula is C37H54N4O4Si. The number of nitrogens with one attached hydrogen (secondary N) is 3. The van der Waals surface area contributed by atoms with E-state index in [2.05, 4.69) is 60.4 Å². The number of piperidine rings is 1. The zero-order valence-corrected chi connectivity index (χ0v) is 29.5. The zero-order chi connectivity index (χ0) is 32.7. The molecule has 5 rings (SSSR count). The molecule has 3 atom stereocenters. The first kappa shape index (κ1) is 34.4. The van der Waals surface area contributed by atoms with Gasteiger partial charge < -0.3 is 29.7 Å². The highest BCUT2D eigenvalue weighted by Gasteiger charge is 2.40. The number of aromatic amines is 1. The number of H-pyrrole nitrogens is 1. The summed E-state index contributed by atoms with van der Waals surface area (Å²) in [4.78, 5) is 31.0. The summed E-state index contributed by atoms with van der Waals surface area (Å²) in [6.45, 7) is 16.3. The van der Waals surface area contributed by atoms with Crippen molar-refractivity contribution in [1.82, 2.24) is 20.5 Å². The van der Waals surface area contributed by atoms with Crippen molar-refractivity contribution in [2.45, 2.75) is 96.2 Å². The number of rotatable bonds is 13. The van der Waals surface area contributed by atoms with Crippen LogP contribution in [0.2, 0.25) is 18.1 Å². The monoisotopic (exact) mass is 646 g/mol. The number of carbonyl (C=O) groups is 1. The summed E-state index contributed by atoms with van der Waals surface area (Å²) in [6, 6.07) is 17.8. The van der Waals surface area contributed by atoms with Gasteiger partial charge in [-0.15, -0.1) is 0 Å². The Morgan fingerprint density at radius 1 is 1.02 bits per heavy atom. The van der Waals surface area contributed by atoms with Crippen LogP contribution >= 0.6 is 0 Å². The van der Waals surface area contributed by atoms with Crippen molar-refractivity contribution in [3.63, 3.8) is 0 Å². The minimum Gasteiger partial charge on any atom is -0.487 e. The van der Waals surface area contributed by atoms with Crippen LogP contribution in [-0.4, -0.2) is 62.9 Å². The molecule has 0 unspecified atom stereocenters. The van der Waals surface area contributed by atoms with Gasteiger partial charge in [0.05, 0.1) is 11.6 Å². The van der Waals surface area contributed by atoms with Gasteiger partial charge in [0, 0.05) is 43.0 Å². The average Bonchev–Trinajstić information content (AvgIpc) is 3.51. The Balaban J connectivity index is 1.29. The lowest BCUT2D eigenvalue weighted by Crippen LogP contribution is -2.44. The van der Waals surface area contributed by atoms with Crippen molar-refractivity contribution >= 4 is 25.1 Å². The van der Waals surface area contributed by atoms with E-state index < -0.39 is 8.32 Å². The standard InChI is InChI=1S/C37H54N4O4Si/c1-37(2,3)46(4,5)45-33(25-39-29-15-14-28(24-29)36(43)38-20-23-41-21-10-7-11-22-41)30-16-18-32(35-31(30)17-19-34(42)40-35)44-26-27-12-8-6-9-13-27/h6,8-9,12-13,16-19,28-29,33,39H,7,10-11,14-15,20-26H2,1-5H3,(H,38,43)(H,40,42)/t28-,29+,33+/m1/s1. The molecule has 1 aromatic heterocycles. The third-order valence-electron chi connectivity index (χ3n) is 10.3. The summed E-state index contributed by atoms with van der Waals surface area (Å²) >= 11 is 0. The number of likely N-dealkylation sites (tertiary alicyclic amines) is 1. The van der Waals surface area contributed by atoms with Crippen LogP contribution < -0.4 is 20.9 Å². The molecule has 250 valence electrons. The first-order valence-corrected chi connectivity index (χ1v) is 20.1. The first-order chi connectivity index (χ1) is 22.0. The summed E-state index contributed by atoms with van der Waals surface area (Å²) < 4.78 is 13.3. The van der Waals surface area contributed by atoms with Crippen LogP contribution in [-0.2, 0) is 15.8 Å². The van der Waals surface area contributed by atoms with Crippen LogP contribution in [0.3, 0.4) is 0 Å². The number of hydrogen-bond acceptors (Lipinski definition) is 6. The minimum absolute atomic E-state index is 0.0266. The lowest BCUT2D eigenvalue weighted by atomic mass is 10.0. The highest BCUT2D eigenvalue weighted by atomic mass is 28.4. The summed E-state index contributed by atoms with van der Waals surface area (Å²) in [6.07, 6.45) is 6.34. The fraction of sp³-hybridized carbons (Fsp3) is 0.568. The van der Waals surface area contributed by atoms with Crippen LogP contribution in [0.4, 0.5) is 0 Å². The van der Waals surface area contributed by atoms with Gasteiger partial charge in [-0.25, -0.2) is 0 Å².